The third-order valence-corrected chi connectivity index (χ3v) is 4.02. The fraction of sp³-hybridized carbons (Fsp3) is 0.125. The monoisotopic (exact) mass is 359 g/mol. The summed E-state index contributed by atoms with van der Waals surface area (Å²) in [6.45, 7) is 0.454. The minimum absolute atomic E-state index is 0.135. The number of nitrogens with zero attached hydrogens (tertiary/aromatic N) is 1. The van der Waals surface area contributed by atoms with E-state index in [1.165, 1.54) is 0 Å². The number of aromatic nitrogens is 2. The SMILES string of the molecule is CNC(=O)c1ccc2[nH]n(Cc3ccc(Br)cc3)c(=O)c2c1. The summed E-state index contributed by atoms with van der Waals surface area (Å²) in [4.78, 5) is 24.1. The van der Waals surface area contributed by atoms with Crippen molar-refractivity contribution in [1.29, 1.82) is 0 Å². The number of hydrogen-bond donors (Lipinski definition) is 2. The van der Waals surface area contributed by atoms with Gasteiger partial charge in [-0.3, -0.25) is 14.7 Å². The number of amides is 1. The summed E-state index contributed by atoms with van der Waals surface area (Å²) in [5.41, 5.74) is 2.07. The number of fused-ring (bicyclic) bond motifs is 1. The molecular weight excluding hydrogens is 346 g/mol. The van der Waals surface area contributed by atoms with E-state index < -0.39 is 0 Å². The van der Waals surface area contributed by atoms with Crippen LogP contribution >= 0.6 is 15.9 Å². The Morgan fingerprint density at radius 3 is 2.64 bits per heavy atom. The Morgan fingerprint density at radius 2 is 1.95 bits per heavy atom. The zero-order valence-electron chi connectivity index (χ0n) is 11.9. The van der Waals surface area contributed by atoms with Crippen molar-refractivity contribution in [1.82, 2.24) is 15.1 Å². The van der Waals surface area contributed by atoms with Gasteiger partial charge in [-0.05, 0) is 35.9 Å². The number of benzene rings is 2. The first-order valence-corrected chi connectivity index (χ1v) is 7.57. The molecule has 3 aromatic rings. The van der Waals surface area contributed by atoms with Gasteiger partial charge in [0, 0.05) is 17.1 Å². The lowest BCUT2D eigenvalue weighted by molar-refractivity contribution is 0.0963. The Bertz CT molecular complexity index is 894. The zero-order chi connectivity index (χ0) is 15.7. The van der Waals surface area contributed by atoms with Crippen molar-refractivity contribution in [2.24, 2.45) is 0 Å². The normalized spacial score (nSPS) is 10.8. The van der Waals surface area contributed by atoms with E-state index in [0.717, 1.165) is 15.6 Å². The molecule has 0 aliphatic rings. The van der Waals surface area contributed by atoms with Gasteiger partial charge in [0.05, 0.1) is 17.4 Å². The minimum Gasteiger partial charge on any atom is -0.355 e. The van der Waals surface area contributed by atoms with Gasteiger partial charge in [0.15, 0.2) is 0 Å². The van der Waals surface area contributed by atoms with Crippen molar-refractivity contribution >= 4 is 32.7 Å². The molecule has 6 heteroatoms. The van der Waals surface area contributed by atoms with Gasteiger partial charge in [-0.2, -0.15) is 0 Å². The van der Waals surface area contributed by atoms with Crippen LogP contribution in [0.5, 0.6) is 0 Å². The molecule has 3 rings (SSSR count). The summed E-state index contributed by atoms with van der Waals surface area (Å²) in [5, 5.41) is 6.14. The van der Waals surface area contributed by atoms with E-state index in [0.29, 0.717) is 17.5 Å². The van der Waals surface area contributed by atoms with E-state index in [1.54, 1.807) is 29.9 Å². The van der Waals surface area contributed by atoms with Crippen LogP contribution in [0.2, 0.25) is 0 Å². The Kier molecular flexibility index (Phi) is 3.85. The second kappa shape index (κ2) is 5.81. The molecule has 112 valence electrons. The molecule has 1 aromatic heterocycles. The Balaban J connectivity index is 2.01. The summed E-state index contributed by atoms with van der Waals surface area (Å²) in [5.74, 6) is -0.207. The molecule has 1 amide bonds. The van der Waals surface area contributed by atoms with Gasteiger partial charge < -0.3 is 5.32 Å². The first kappa shape index (κ1) is 14.6. The van der Waals surface area contributed by atoms with E-state index in [4.69, 9.17) is 0 Å². The second-order valence-corrected chi connectivity index (χ2v) is 5.88. The molecule has 0 aliphatic heterocycles. The maximum Gasteiger partial charge on any atom is 0.274 e. The molecule has 0 aliphatic carbocycles. The summed E-state index contributed by atoms with van der Waals surface area (Å²) in [6, 6.07) is 12.8. The van der Waals surface area contributed by atoms with Gasteiger partial charge in [-0.15, -0.1) is 0 Å². The molecule has 22 heavy (non-hydrogen) atoms. The van der Waals surface area contributed by atoms with Crippen LogP contribution in [0, 0.1) is 0 Å². The highest BCUT2D eigenvalue weighted by molar-refractivity contribution is 9.10. The molecule has 1 heterocycles. The van der Waals surface area contributed by atoms with Crippen LogP contribution in [0.25, 0.3) is 10.9 Å². The third-order valence-electron chi connectivity index (χ3n) is 3.49. The van der Waals surface area contributed by atoms with Crippen molar-refractivity contribution in [3.05, 3.63) is 68.4 Å². The van der Waals surface area contributed by atoms with Crippen LogP contribution in [-0.2, 0) is 6.54 Å². The second-order valence-electron chi connectivity index (χ2n) is 4.97. The Labute approximate surface area is 135 Å². The van der Waals surface area contributed by atoms with E-state index in [9.17, 15) is 9.59 Å². The molecule has 0 radical (unpaired) electrons. The highest BCUT2D eigenvalue weighted by atomic mass is 79.9. The van der Waals surface area contributed by atoms with Crippen LogP contribution in [0.3, 0.4) is 0 Å². The zero-order valence-corrected chi connectivity index (χ0v) is 13.5. The molecule has 0 saturated heterocycles. The van der Waals surface area contributed by atoms with Gasteiger partial charge in [-0.1, -0.05) is 28.1 Å². The molecule has 2 aromatic carbocycles. The molecule has 5 nitrogen and oxygen atoms in total. The van der Waals surface area contributed by atoms with Crippen molar-refractivity contribution in [3.8, 4) is 0 Å². The fourth-order valence-corrected chi connectivity index (χ4v) is 2.59. The number of carbonyl (C=O) groups excluding carboxylic acids is 1. The molecule has 0 atom stereocenters. The van der Waals surface area contributed by atoms with Gasteiger partial charge in [0.1, 0.15) is 0 Å². The first-order valence-electron chi connectivity index (χ1n) is 6.77. The Morgan fingerprint density at radius 1 is 1.23 bits per heavy atom. The summed E-state index contributed by atoms with van der Waals surface area (Å²) < 4.78 is 2.54. The third kappa shape index (κ3) is 2.69. The van der Waals surface area contributed by atoms with Crippen LogP contribution in [0.4, 0.5) is 0 Å². The highest BCUT2D eigenvalue weighted by Crippen LogP contribution is 2.13. The molecule has 0 unspecified atom stereocenters. The van der Waals surface area contributed by atoms with E-state index in [2.05, 4.69) is 26.3 Å². The standard InChI is InChI=1S/C16H14BrN3O2/c1-18-15(21)11-4-7-14-13(8-11)16(22)20(19-14)9-10-2-5-12(17)6-3-10/h2-8,19H,9H2,1H3,(H,18,21). The van der Waals surface area contributed by atoms with Crippen LogP contribution in [0.1, 0.15) is 15.9 Å². The topological polar surface area (TPSA) is 66.9 Å². The molecule has 0 bridgehead atoms. The van der Waals surface area contributed by atoms with Crippen molar-refractivity contribution in [2.75, 3.05) is 7.05 Å². The molecular formula is C16H14BrN3O2. The lowest BCUT2D eigenvalue weighted by Crippen LogP contribution is -2.19. The Hall–Kier alpha value is -2.34. The number of halogens is 1. The van der Waals surface area contributed by atoms with Gasteiger partial charge in [-0.25, -0.2) is 4.68 Å². The van der Waals surface area contributed by atoms with Gasteiger partial charge in [0.25, 0.3) is 11.5 Å². The van der Waals surface area contributed by atoms with Crippen molar-refractivity contribution in [2.45, 2.75) is 6.54 Å². The predicted octanol–water partition coefficient (Wildman–Crippen LogP) is 2.50. The van der Waals surface area contributed by atoms with Crippen LogP contribution in [-0.4, -0.2) is 22.7 Å². The smallest absolute Gasteiger partial charge is 0.274 e. The van der Waals surface area contributed by atoms with Crippen LogP contribution in [0.15, 0.2) is 51.7 Å². The number of hydrogen-bond acceptors (Lipinski definition) is 2. The fourth-order valence-electron chi connectivity index (χ4n) is 2.33. The average Bonchev–Trinajstić information content (AvgIpc) is 2.84. The van der Waals surface area contributed by atoms with Gasteiger partial charge >= 0.3 is 0 Å². The molecule has 0 saturated carbocycles. The maximum absolute atomic E-state index is 12.5. The first-order chi connectivity index (χ1) is 10.6. The summed E-state index contributed by atoms with van der Waals surface area (Å²) >= 11 is 3.39. The lowest BCUT2D eigenvalue weighted by atomic mass is 10.1. The molecule has 0 spiro atoms. The molecule has 0 fully saturated rings. The lowest BCUT2D eigenvalue weighted by Gasteiger charge is -2.01. The average molecular weight is 360 g/mol. The number of rotatable bonds is 3. The summed E-state index contributed by atoms with van der Waals surface area (Å²) in [7, 11) is 1.56. The number of H-pyrrole nitrogens is 1. The largest absolute Gasteiger partial charge is 0.355 e. The van der Waals surface area contributed by atoms with Crippen molar-refractivity contribution < 1.29 is 4.79 Å². The quantitative estimate of drug-likeness (QED) is 0.754. The predicted molar refractivity (Wildman–Crippen MR) is 89.2 cm³/mol. The van der Waals surface area contributed by atoms with E-state index in [-0.39, 0.29) is 11.5 Å². The number of nitrogens with one attached hydrogen (secondary N) is 2. The number of aromatic amines is 1. The summed E-state index contributed by atoms with van der Waals surface area (Å²) in [6.07, 6.45) is 0. The highest BCUT2D eigenvalue weighted by Gasteiger charge is 2.10. The van der Waals surface area contributed by atoms with Crippen molar-refractivity contribution in [3.63, 3.8) is 0 Å². The molecule has 2 N–H and O–H groups in total. The number of carbonyl (C=O) groups is 1. The minimum atomic E-state index is -0.207. The van der Waals surface area contributed by atoms with E-state index in [1.807, 2.05) is 24.3 Å². The van der Waals surface area contributed by atoms with Gasteiger partial charge in [0.2, 0.25) is 0 Å². The maximum atomic E-state index is 12.5. The van der Waals surface area contributed by atoms with E-state index >= 15 is 0 Å². The van der Waals surface area contributed by atoms with Crippen LogP contribution < -0.4 is 10.9 Å².